The lowest BCUT2D eigenvalue weighted by Crippen LogP contribution is -2.02. The molecule has 1 unspecified atom stereocenters. The third kappa shape index (κ3) is 2.01. The molecule has 2 aliphatic rings. The zero-order valence-electron chi connectivity index (χ0n) is 11.4. The first-order valence-corrected chi connectivity index (χ1v) is 7.35. The van der Waals surface area contributed by atoms with E-state index in [2.05, 4.69) is 18.2 Å². The first kappa shape index (κ1) is 12.0. The number of para-hydroxylation sites is 1. The van der Waals surface area contributed by atoms with Gasteiger partial charge in [0.1, 0.15) is 11.9 Å². The van der Waals surface area contributed by atoms with Gasteiger partial charge in [0.2, 0.25) is 0 Å². The maximum absolute atomic E-state index is 10.6. The Balaban J connectivity index is 1.66. The first-order valence-electron chi connectivity index (χ1n) is 7.35. The summed E-state index contributed by atoms with van der Waals surface area (Å²) in [5.74, 6) is 1.64. The molecule has 20 heavy (non-hydrogen) atoms. The Hall–Kier alpha value is -1.80. The number of rotatable bonds is 3. The molecule has 0 bridgehead atoms. The Morgan fingerprint density at radius 2 is 1.85 bits per heavy atom. The molecule has 1 fully saturated rings. The van der Waals surface area contributed by atoms with Gasteiger partial charge >= 0.3 is 0 Å². The molecule has 4 rings (SSSR count). The molecule has 1 aliphatic heterocycles. The number of fused-ring (bicyclic) bond motifs is 1. The van der Waals surface area contributed by atoms with Crippen LogP contribution in [-0.4, -0.2) is 11.7 Å². The van der Waals surface area contributed by atoms with Crippen molar-refractivity contribution in [1.82, 2.24) is 0 Å². The molecule has 1 atom stereocenters. The normalized spacial score (nSPS) is 18.4. The Morgan fingerprint density at radius 3 is 2.60 bits per heavy atom. The van der Waals surface area contributed by atoms with E-state index in [9.17, 15) is 5.11 Å². The van der Waals surface area contributed by atoms with Crippen molar-refractivity contribution >= 4 is 0 Å². The van der Waals surface area contributed by atoms with Crippen molar-refractivity contribution in [3.63, 3.8) is 0 Å². The SMILES string of the molecule is OC(c1ccc(C2CC2)cc1)c1cccc2c1OCC2. The van der Waals surface area contributed by atoms with Gasteiger partial charge in [-0.15, -0.1) is 0 Å². The van der Waals surface area contributed by atoms with Crippen LogP contribution in [-0.2, 0) is 6.42 Å². The average Bonchev–Trinajstić information content (AvgIpc) is 3.23. The van der Waals surface area contributed by atoms with Crippen molar-refractivity contribution < 1.29 is 9.84 Å². The molecule has 0 aromatic heterocycles. The van der Waals surface area contributed by atoms with Crippen LogP contribution in [0.3, 0.4) is 0 Å². The summed E-state index contributed by atoms with van der Waals surface area (Å²) in [6.07, 6.45) is 2.96. The fraction of sp³-hybridized carbons (Fsp3) is 0.333. The van der Waals surface area contributed by atoms with E-state index in [1.54, 1.807) is 0 Å². The molecule has 2 aromatic carbocycles. The second-order valence-corrected chi connectivity index (χ2v) is 5.78. The summed E-state index contributed by atoms with van der Waals surface area (Å²) in [6.45, 7) is 0.722. The van der Waals surface area contributed by atoms with E-state index in [0.717, 1.165) is 35.8 Å². The molecule has 1 N–H and O–H groups in total. The molecule has 2 aromatic rings. The van der Waals surface area contributed by atoms with Gasteiger partial charge < -0.3 is 9.84 Å². The number of ether oxygens (including phenoxy) is 1. The summed E-state index contributed by atoms with van der Waals surface area (Å²) in [4.78, 5) is 0. The molecule has 0 saturated heterocycles. The fourth-order valence-electron chi connectivity index (χ4n) is 3.00. The van der Waals surface area contributed by atoms with Crippen molar-refractivity contribution in [2.75, 3.05) is 6.61 Å². The molecular formula is C18H18O2. The number of aliphatic hydroxyl groups excluding tert-OH is 1. The molecule has 0 amide bonds. The van der Waals surface area contributed by atoms with E-state index in [0.29, 0.717) is 0 Å². The highest BCUT2D eigenvalue weighted by molar-refractivity contribution is 5.48. The van der Waals surface area contributed by atoms with Gasteiger partial charge in [-0.3, -0.25) is 0 Å². The Kier molecular flexibility index (Phi) is 2.78. The van der Waals surface area contributed by atoms with Gasteiger partial charge in [-0.05, 0) is 35.4 Å². The molecule has 1 heterocycles. The molecule has 0 radical (unpaired) electrons. The minimum Gasteiger partial charge on any atom is -0.493 e. The van der Waals surface area contributed by atoms with Gasteiger partial charge in [0.25, 0.3) is 0 Å². The Bertz CT molecular complexity index is 626. The topological polar surface area (TPSA) is 29.5 Å². The fourth-order valence-corrected chi connectivity index (χ4v) is 3.00. The number of hydrogen-bond acceptors (Lipinski definition) is 2. The van der Waals surface area contributed by atoms with Gasteiger partial charge in [-0.1, -0.05) is 42.5 Å². The van der Waals surface area contributed by atoms with Crippen LogP contribution >= 0.6 is 0 Å². The van der Waals surface area contributed by atoms with Crippen LogP contribution in [0.1, 0.15) is 47.1 Å². The molecule has 1 aliphatic carbocycles. The van der Waals surface area contributed by atoms with E-state index < -0.39 is 6.10 Å². The van der Waals surface area contributed by atoms with Gasteiger partial charge in [0.05, 0.1) is 6.61 Å². The van der Waals surface area contributed by atoms with E-state index in [1.165, 1.54) is 24.0 Å². The maximum atomic E-state index is 10.6. The third-order valence-corrected chi connectivity index (χ3v) is 4.34. The first-order chi connectivity index (χ1) is 9.83. The largest absolute Gasteiger partial charge is 0.493 e. The molecule has 0 spiro atoms. The smallest absolute Gasteiger partial charge is 0.128 e. The van der Waals surface area contributed by atoms with Crippen LogP contribution in [0.4, 0.5) is 0 Å². The molecule has 102 valence electrons. The lowest BCUT2D eigenvalue weighted by atomic mass is 9.97. The summed E-state index contributed by atoms with van der Waals surface area (Å²) >= 11 is 0. The standard InChI is InChI=1S/C18H18O2/c19-17(14-8-6-13(7-9-14)12-4-5-12)16-3-1-2-15-10-11-20-18(15)16/h1-3,6-9,12,17,19H,4-5,10-11H2. The second-order valence-electron chi connectivity index (χ2n) is 5.78. The predicted octanol–water partition coefficient (Wildman–Crippen LogP) is 3.58. The quantitative estimate of drug-likeness (QED) is 0.920. The van der Waals surface area contributed by atoms with Crippen LogP contribution in [0.15, 0.2) is 42.5 Å². The van der Waals surface area contributed by atoms with Gasteiger partial charge in [-0.2, -0.15) is 0 Å². The van der Waals surface area contributed by atoms with Crippen LogP contribution in [0, 0.1) is 0 Å². The van der Waals surface area contributed by atoms with Crippen LogP contribution < -0.4 is 4.74 Å². The van der Waals surface area contributed by atoms with Gasteiger partial charge in [0, 0.05) is 12.0 Å². The Labute approximate surface area is 119 Å². The number of aliphatic hydroxyl groups is 1. The van der Waals surface area contributed by atoms with Gasteiger partial charge in [-0.25, -0.2) is 0 Å². The lowest BCUT2D eigenvalue weighted by Gasteiger charge is -2.15. The molecule has 2 heteroatoms. The van der Waals surface area contributed by atoms with Crippen molar-refractivity contribution in [3.05, 3.63) is 64.7 Å². The van der Waals surface area contributed by atoms with Crippen molar-refractivity contribution in [2.45, 2.75) is 31.3 Å². The van der Waals surface area contributed by atoms with Crippen LogP contribution in [0.25, 0.3) is 0 Å². The second kappa shape index (κ2) is 4.64. The van der Waals surface area contributed by atoms with Crippen molar-refractivity contribution in [1.29, 1.82) is 0 Å². The average molecular weight is 266 g/mol. The highest BCUT2D eigenvalue weighted by atomic mass is 16.5. The maximum Gasteiger partial charge on any atom is 0.128 e. The highest BCUT2D eigenvalue weighted by Gasteiger charge is 2.25. The summed E-state index contributed by atoms with van der Waals surface area (Å²) in [5.41, 5.74) is 4.43. The summed E-state index contributed by atoms with van der Waals surface area (Å²) in [6, 6.07) is 14.4. The number of hydrogen-bond donors (Lipinski definition) is 1. The summed E-state index contributed by atoms with van der Waals surface area (Å²) in [7, 11) is 0. The van der Waals surface area contributed by atoms with Crippen molar-refractivity contribution in [3.8, 4) is 5.75 Å². The monoisotopic (exact) mass is 266 g/mol. The van der Waals surface area contributed by atoms with E-state index in [-0.39, 0.29) is 0 Å². The third-order valence-electron chi connectivity index (χ3n) is 4.34. The van der Waals surface area contributed by atoms with E-state index >= 15 is 0 Å². The van der Waals surface area contributed by atoms with Crippen molar-refractivity contribution in [2.24, 2.45) is 0 Å². The summed E-state index contributed by atoms with van der Waals surface area (Å²) < 4.78 is 5.68. The molecular weight excluding hydrogens is 248 g/mol. The van der Waals surface area contributed by atoms with Gasteiger partial charge in [0.15, 0.2) is 0 Å². The molecule has 1 saturated carbocycles. The lowest BCUT2D eigenvalue weighted by molar-refractivity contribution is 0.213. The zero-order valence-corrected chi connectivity index (χ0v) is 11.4. The van der Waals surface area contributed by atoms with E-state index in [4.69, 9.17) is 4.74 Å². The summed E-state index contributed by atoms with van der Waals surface area (Å²) in [5, 5.41) is 10.6. The van der Waals surface area contributed by atoms with Crippen LogP contribution in [0.2, 0.25) is 0 Å². The molecule has 2 nitrogen and oxygen atoms in total. The van der Waals surface area contributed by atoms with E-state index in [1.807, 2.05) is 24.3 Å². The predicted molar refractivity (Wildman–Crippen MR) is 78.1 cm³/mol. The highest BCUT2D eigenvalue weighted by Crippen LogP contribution is 2.41. The minimum atomic E-state index is -0.601. The zero-order chi connectivity index (χ0) is 13.5. The minimum absolute atomic E-state index is 0.601. The Morgan fingerprint density at radius 1 is 1.05 bits per heavy atom. The number of benzene rings is 2. The van der Waals surface area contributed by atoms with Crippen LogP contribution in [0.5, 0.6) is 5.75 Å².